The van der Waals surface area contributed by atoms with E-state index in [1.165, 1.54) is 0 Å². The van der Waals surface area contributed by atoms with Gasteiger partial charge in [0.2, 0.25) is 6.10 Å². The summed E-state index contributed by atoms with van der Waals surface area (Å²) in [7, 11) is 0. The Hall–Kier alpha value is -2.54. The van der Waals surface area contributed by atoms with Crippen molar-refractivity contribution in [2.45, 2.75) is 20.0 Å². The molecule has 0 N–H and O–H groups in total. The van der Waals surface area contributed by atoms with Gasteiger partial charge in [0.15, 0.2) is 0 Å². The summed E-state index contributed by atoms with van der Waals surface area (Å²) < 4.78 is 5.83. The summed E-state index contributed by atoms with van der Waals surface area (Å²) in [4.78, 5) is 12.9. The van der Waals surface area contributed by atoms with Crippen LogP contribution in [-0.2, 0) is 9.53 Å². The lowest BCUT2D eigenvalue weighted by Crippen LogP contribution is -2.15. The van der Waals surface area contributed by atoms with Crippen molar-refractivity contribution >= 4 is 50.7 Å². The lowest BCUT2D eigenvalue weighted by atomic mass is 9.95. The zero-order valence-electron chi connectivity index (χ0n) is 16.0. The Morgan fingerprint density at radius 2 is 1.72 bits per heavy atom. The van der Waals surface area contributed by atoms with Crippen molar-refractivity contribution < 1.29 is 9.53 Å². The molecule has 5 heteroatoms. The van der Waals surface area contributed by atoms with Crippen molar-refractivity contribution in [2.75, 3.05) is 0 Å². The third kappa shape index (κ3) is 3.48. The number of carbonyl (C=O) groups excluding carboxylic acids is 1. The van der Waals surface area contributed by atoms with E-state index in [-0.39, 0.29) is 21.7 Å². The van der Waals surface area contributed by atoms with Gasteiger partial charge in [-0.1, -0.05) is 85.6 Å². The number of rotatable bonds is 4. The summed E-state index contributed by atoms with van der Waals surface area (Å²) in [5, 5.41) is 13.8. The highest BCUT2D eigenvalue weighted by molar-refractivity contribution is 6.55. The standard InChI is InChI=1S/C24H19Cl2NO2/c1-24(2)19(12-21(25)26)22(24)23(28)29-20(13-27)18-11-14-7-3-4-8-15(14)16-9-5-6-10-17(16)18/h3-12,19-20,22H,1-2H3. The van der Waals surface area contributed by atoms with Crippen LogP contribution in [0.1, 0.15) is 25.5 Å². The number of hydrogen-bond acceptors (Lipinski definition) is 3. The van der Waals surface area contributed by atoms with E-state index in [1.807, 2.05) is 68.4 Å². The quantitative estimate of drug-likeness (QED) is 0.346. The van der Waals surface area contributed by atoms with Gasteiger partial charge in [0.05, 0.1) is 5.92 Å². The second kappa shape index (κ2) is 7.37. The molecule has 0 radical (unpaired) electrons. The molecule has 0 amide bonds. The minimum absolute atomic E-state index is 0.104. The molecule has 3 nitrogen and oxygen atoms in total. The number of ether oxygens (including phenoxy) is 1. The van der Waals surface area contributed by atoms with Gasteiger partial charge in [-0.2, -0.15) is 5.26 Å². The summed E-state index contributed by atoms with van der Waals surface area (Å²) in [6.45, 7) is 3.92. The Bertz CT molecular complexity index is 1190. The van der Waals surface area contributed by atoms with E-state index < -0.39 is 12.1 Å². The molecule has 1 aliphatic rings. The Labute approximate surface area is 179 Å². The molecule has 0 heterocycles. The smallest absolute Gasteiger partial charge is 0.311 e. The molecule has 1 saturated carbocycles. The average molecular weight is 424 g/mol. The number of nitriles is 1. The zero-order chi connectivity index (χ0) is 20.8. The number of fused-ring (bicyclic) bond motifs is 3. The molecule has 0 bridgehead atoms. The first-order valence-electron chi connectivity index (χ1n) is 9.38. The highest BCUT2D eigenvalue weighted by Crippen LogP contribution is 2.60. The predicted molar refractivity (Wildman–Crippen MR) is 116 cm³/mol. The van der Waals surface area contributed by atoms with Crippen LogP contribution in [0, 0.1) is 28.6 Å². The Kier molecular flexibility index (Phi) is 5.02. The first kappa shape index (κ1) is 19.8. The van der Waals surface area contributed by atoms with Gasteiger partial charge in [-0.3, -0.25) is 4.79 Å². The van der Waals surface area contributed by atoms with Gasteiger partial charge in [0.25, 0.3) is 0 Å². The van der Waals surface area contributed by atoms with Gasteiger partial charge >= 0.3 is 5.97 Å². The molecule has 3 aromatic rings. The first-order valence-corrected chi connectivity index (χ1v) is 10.1. The summed E-state index contributed by atoms with van der Waals surface area (Å²) in [5.41, 5.74) is 0.383. The number of nitrogens with zero attached hydrogens (tertiary/aromatic N) is 1. The van der Waals surface area contributed by atoms with Crippen LogP contribution in [0.3, 0.4) is 0 Å². The molecule has 0 aromatic heterocycles. The number of hydrogen-bond donors (Lipinski definition) is 0. The molecular formula is C24H19Cl2NO2. The third-order valence-corrected chi connectivity index (χ3v) is 6.16. The zero-order valence-corrected chi connectivity index (χ0v) is 17.5. The summed E-state index contributed by atoms with van der Waals surface area (Å²) >= 11 is 11.6. The summed E-state index contributed by atoms with van der Waals surface area (Å²) in [6, 6.07) is 19.9. The third-order valence-electron chi connectivity index (χ3n) is 5.90. The number of carbonyl (C=O) groups is 1. The Balaban J connectivity index is 1.72. The molecule has 3 unspecified atom stereocenters. The number of benzene rings is 3. The van der Waals surface area contributed by atoms with Crippen LogP contribution in [0.5, 0.6) is 0 Å². The Morgan fingerprint density at radius 1 is 1.10 bits per heavy atom. The SMILES string of the molecule is CC1(C)C(C=C(Cl)Cl)C1C(=O)OC(C#N)c1cc2ccccc2c2ccccc12. The van der Waals surface area contributed by atoms with Gasteiger partial charge in [0.1, 0.15) is 10.6 Å². The maximum atomic E-state index is 12.9. The molecule has 29 heavy (non-hydrogen) atoms. The van der Waals surface area contributed by atoms with Crippen molar-refractivity contribution in [3.63, 3.8) is 0 Å². The summed E-state index contributed by atoms with van der Waals surface area (Å²) in [5.74, 6) is -0.889. The topological polar surface area (TPSA) is 50.1 Å². The fourth-order valence-electron chi connectivity index (χ4n) is 4.22. The largest absolute Gasteiger partial charge is 0.442 e. The monoisotopic (exact) mass is 423 g/mol. The number of allylic oxidation sites excluding steroid dienone is 1. The molecule has 4 rings (SSSR count). The van der Waals surface area contributed by atoms with E-state index >= 15 is 0 Å². The van der Waals surface area contributed by atoms with Gasteiger partial charge in [-0.15, -0.1) is 0 Å². The van der Waals surface area contributed by atoms with Crippen LogP contribution < -0.4 is 0 Å². The number of esters is 1. The molecule has 0 saturated heterocycles. The second-order valence-electron chi connectivity index (χ2n) is 7.96. The van der Waals surface area contributed by atoms with E-state index in [4.69, 9.17) is 27.9 Å². The van der Waals surface area contributed by atoms with Crippen molar-refractivity contribution in [1.82, 2.24) is 0 Å². The van der Waals surface area contributed by atoms with E-state index in [0.29, 0.717) is 5.56 Å². The van der Waals surface area contributed by atoms with Gasteiger partial charge in [0, 0.05) is 5.56 Å². The fourth-order valence-corrected chi connectivity index (χ4v) is 4.50. The highest BCUT2D eigenvalue weighted by Gasteiger charge is 2.62. The molecule has 0 aliphatic heterocycles. The maximum Gasteiger partial charge on any atom is 0.311 e. The molecule has 146 valence electrons. The van der Waals surface area contributed by atoms with Crippen LogP contribution in [0.4, 0.5) is 0 Å². The first-order chi connectivity index (χ1) is 13.8. The van der Waals surface area contributed by atoms with Crippen molar-refractivity contribution in [3.05, 3.63) is 70.7 Å². The van der Waals surface area contributed by atoms with Crippen LogP contribution >= 0.6 is 23.2 Å². The van der Waals surface area contributed by atoms with E-state index in [2.05, 4.69) is 6.07 Å². The van der Waals surface area contributed by atoms with E-state index in [9.17, 15) is 10.1 Å². The maximum absolute atomic E-state index is 12.9. The van der Waals surface area contributed by atoms with E-state index in [1.54, 1.807) is 6.08 Å². The lowest BCUT2D eigenvalue weighted by Gasteiger charge is -2.16. The Morgan fingerprint density at radius 3 is 2.38 bits per heavy atom. The predicted octanol–water partition coefficient (Wildman–Crippen LogP) is 6.69. The molecular weight excluding hydrogens is 405 g/mol. The van der Waals surface area contributed by atoms with Crippen LogP contribution in [0.25, 0.3) is 21.5 Å². The second-order valence-corrected chi connectivity index (χ2v) is 8.97. The van der Waals surface area contributed by atoms with Gasteiger partial charge in [-0.05, 0) is 45.0 Å². The van der Waals surface area contributed by atoms with Crippen LogP contribution in [0.15, 0.2) is 65.2 Å². The fraction of sp³-hybridized carbons (Fsp3) is 0.250. The van der Waals surface area contributed by atoms with Gasteiger partial charge in [-0.25, -0.2) is 0 Å². The minimum Gasteiger partial charge on any atom is -0.442 e. The van der Waals surface area contributed by atoms with Crippen molar-refractivity contribution in [3.8, 4) is 6.07 Å². The van der Waals surface area contributed by atoms with Crippen molar-refractivity contribution in [2.24, 2.45) is 17.3 Å². The molecule has 0 spiro atoms. The average Bonchev–Trinajstić information content (AvgIpc) is 3.24. The molecule has 1 fully saturated rings. The molecule has 3 atom stereocenters. The lowest BCUT2D eigenvalue weighted by molar-refractivity contribution is -0.149. The number of halogens is 2. The minimum atomic E-state index is -0.996. The molecule has 3 aromatic carbocycles. The van der Waals surface area contributed by atoms with Crippen molar-refractivity contribution in [1.29, 1.82) is 5.26 Å². The molecule has 1 aliphatic carbocycles. The normalized spacial score (nSPS) is 20.7. The van der Waals surface area contributed by atoms with Crippen LogP contribution in [0.2, 0.25) is 0 Å². The van der Waals surface area contributed by atoms with Gasteiger partial charge < -0.3 is 4.74 Å². The summed E-state index contributed by atoms with van der Waals surface area (Å²) in [6.07, 6.45) is 0.673. The van der Waals surface area contributed by atoms with E-state index in [0.717, 1.165) is 21.5 Å². The van der Waals surface area contributed by atoms with Crippen LogP contribution in [-0.4, -0.2) is 5.97 Å². The highest BCUT2D eigenvalue weighted by atomic mass is 35.5.